The Morgan fingerprint density at radius 3 is 1.11 bits per heavy atom. The van der Waals surface area contributed by atoms with Gasteiger partial charge in [-0.25, -0.2) is 0 Å². The highest BCUT2D eigenvalue weighted by Crippen LogP contribution is 2.42. The van der Waals surface area contributed by atoms with Crippen LogP contribution in [0.3, 0.4) is 0 Å². The van der Waals surface area contributed by atoms with Crippen molar-refractivity contribution in [1.82, 2.24) is 0 Å². The molecule has 0 aromatic heterocycles. The van der Waals surface area contributed by atoms with Crippen molar-refractivity contribution in [2.24, 2.45) is 17.8 Å². The molecule has 0 spiro atoms. The quantitative estimate of drug-likeness (QED) is 0.0331. The van der Waals surface area contributed by atoms with Gasteiger partial charge in [-0.05, 0) is 143 Å². The van der Waals surface area contributed by atoms with Crippen LogP contribution >= 0.6 is 54.9 Å². The van der Waals surface area contributed by atoms with Crippen molar-refractivity contribution < 1.29 is 39.8 Å². The first-order chi connectivity index (χ1) is 27.3. The highest BCUT2D eigenvalue weighted by atomic mass is 33.1. The van der Waals surface area contributed by atoms with Gasteiger partial charge in [-0.15, -0.1) is 0 Å². The summed E-state index contributed by atoms with van der Waals surface area (Å²) in [5.74, 6) is 9.62. The van der Waals surface area contributed by atoms with E-state index >= 15 is 0 Å². The van der Waals surface area contributed by atoms with E-state index in [2.05, 4.69) is 33.3 Å². The highest BCUT2D eigenvalue weighted by Gasteiger charge is 2.41. The summed E-state index contributed by atoms with van der Waals surface area (Å²) in [5, 5.41) is 0. The minimum Gasteiger partial charge on any atom is -0.374 e. The fourth-order valence-corrected chi connectivity index (χ4v) is 21.6. The van der Waals surface area contributed by atoms with Gasteiger partial charge >= 0.3 is 26.4 Å². The van der Waals surface area contributed by atoms with Crippen LogP contribution in [-0.2, 0) is 39.8 Å². The third kappa shape index (κ3) is 24.6. The predicted molar refractivity (Wildman–Crippen MR) is 255 cm³/mol. The zero-order valence-electron chi connectivity index (χ0n) is 37.0. The highest BCUT2D eigenvalue weighted by molar-refractivity contribution is 8.77. The van der Waals surface area contributed by atoms with Crippen LogP contribution in [0.15, 0.2) is 0 Å². The van der Waals surface area contributed by atoms with Crippen molar-refractivity contribution in [3.05, 3.63) is 0 Å². The van der Waals surface area contributed by atoms with Crippen molar-refractivity contribution in [2.45, 2.75) is 138 Å². The molecule has 0 aromatic rings. The summed E-state index contributed by atoms with van der Waals surface area (Å²) in [5.41, 5.74) is 0. The lowest BCUT2D eigenvalue weighted by Crippen LogP contribution is -2.46. The molecule has 0 radical (unpaired) electrons. The van der Waals surface area contributed by atoms with Crippen molar-refractivity contribution in [3.63, 3.8) is 0 Å². The molecule has 336 valence electrons. The van der Waals surface area contributed by atoms with E-state index in [1.54, 1.807) is 0 Å². The zero-order valence-corrected chi connectivity index (χ0v) is 44.1. The maximum atomic E-state index is 6.10. The molecule has 9 nitrogen and oxygen atoms in total. The van der Waals surface area contributed by atoms with Crippen molar-refractivity contribution in [1.29, 1.82) is 0 Å². The Hall–Kier alpha value is 2.04. The van der Waals surface area contributed by atoms with E-state index in [9.17, 15) is 0 Å². The fraction of sp³-hybridized carbons (Fsp3) is 1.00. The second-order valence-corrected chi connectivity index (χ2v) is 28.5. The largest absolute Gasteiger partial charge is 0.500 e. The van der Waals surface area contributed by atoms with Gasteiger partial charge in [0.1, 0.15) is 0 Å². The normalized spacial score (nSPS) is 18.3. The second-order valence-electron chi connectivity index (χ2n) is 13.7. The molecule has 0 heterocycles. The van der Waals surface area contributed by atoms with E-state index in [0.29, 0.717) is 59.5 Å². The average Bonchev–Trinajstić information content (AvgIpc) is 3.17. The van der Waals surface area contributed by atoms with Crippen LogP contribution in [0, 0.1) is 17.8 Å². The monoisotopic (exact) mass is 940 g/mol. The molecule has 0 amide bonds. The lowest BCUT2D eigenvalue weighted by molar-refractivity contribution is 0.0704. The Morgan fingerprint density at radius 1 is 0.375 bits per heavy atom. The molecule has 0 bridgehead atoms. The summed E-state index contributed by atoms with van der Waals surface area (Å²) >= 11 is 2.12. The summed E-state index contributed by atoms with van der Waals surface area (Å²) in [4.78, 5) is 0. The van der Waals surface area contributed by atoms with Gasteiger partial charge in [0, 0.05) is 101 Å². The minimum atomic E-state index is -2.55. The molecule has 1 fully saturated rings. The molecule has 1 aliphatic carbocycles. The van der Waals surface area contributed by atoms with E-state index in [4.69, 9.17) is 39.8 Å². The Balaban J connectivity index is 2.62. The molecule has 17 heteroatoms. The Kier molecular flexibility index (Phi) is 36.6. The van der Waals surface area contributed by atoms with Crippen LogP contribution in [0.4, 0.5) is 0 Å². The van der Waals surface area contributed by atoms with E-state index in [1.807, 2.05) is 83.9 Å². The van der Waals surface area contributed by atoms with Crippen LogP contribution < -0.4 is 0 Å². The van der Waals surface area contributed by atoms with Gasteiger partial charge in [0.05, 0.1) is 0 Å². The standard InChI is InChI=1S/C39H84O9S5Si3/c1-10-40-54(41-11-2,42-12-3)33-19-27-49-30-25-39-36-37(24-31-52-50-28-20-34-55(43-13-4,44-14-5)45-15-6)22-23-38(39)26-32-53-51-29-21-35-56(46-16-7,47-17-8)48-18-9/h37-39H,10-36H2,1-9H3. The molecule has 1 aliphatic rings. The number of thioether (sulfide) groups is 1. The third-order valence-corrected chi connectivity index (χ3v) is 25.3. The second kappa shape index (κ2) is 36.5. The zero-order chi connectivity index (χ0) is 41.2. The summed E-state index contributed by atoms with van der Waals surface area (Å²) in [7, 11) is 0.545. The van der Waals surface area contributed by atoms with E-state index in [0.717, 1.165) is 72.4 Å². The van der Waals surface area contributed by atoms with Crippen LogP contribution in [-0.4, -0.2) is 120 Å². The van der Waals surface area contributed by atoms with E-state index in [-0.39, 0.29) is 0 Å². The molecule has 3 atom stereocenters. The summed E-state index contributed by atoms with van der Waals surface area (Å²) < 4.78 is 54.6. The smallest absolute Gasteiger partial charge is 0.374 e. The maximum absolute atomic E-state index is 6.10. The molecule has 3 unspecified atom stereocenters. The first-order valence-corrected chi connectivity index (χ1v) is 34.0. The number of hydrogen-bond donors (Lipinski definition) is 0. The lowest BCUT2D eigenvalue weighted by atomic mass is 9.71. The first-order valence-electron chi connectivity index (χ1n) is 22.1. The number of rotatable bonds is 41. The Morgan fingerprint density at radius 2 is 0.714 bits per heavy atom. The fourth-order valence-electron chi connectivity index (χ4n) is 7.50. The summed E-state index contributed by atoms with van der Waals surface area (Å²) in [6.45, 7) is 24.2. The summed E-state index contributed by atoms with van der Waals surface area (Å²) in [6, 6.07) is 2.72. The summed E-state index contributed by atoms with van der Waals surface area (Å²) in [6.07, 6.45) is 11.4. The Labute approximate surface area is 368 Å². The topological polar surface area (TPSA) is 83.1 Å². The van der Waals surface area contributed by atoms with Gasteiger partial charge in [0.2, 0.25) is 0 Å². The van der Waals surface area contributed by atoms with Gasteiger partial charge in [-0.3, -0.25) is 0 Å². The number of hydrogen-bond acceptors (Lipinski definition) is 14. The third-order valence-electron chi connectivity index (χ3n) is 9.70. The molecule has 1 saturated carbocycles. The molecule has 0 aliphatic heterocycles. The van der Waals surface area contributed by atoms with Gasteiger partial charge in [0.15, 0.2) is 0 Å². The van der Waals surface area contributed by atoms with Gasteiger partial charge in [-0.1, -0.05) is 49.6 Å². The van der Waals surface area contributed by atoms with E-state index in [1.165, 1.54) is 55.8 Å². The lowest BCUT2D eigenvalue weighted by Gasteiger charge is -2.36. The molecular weight excluding hydrogens is 857 g/mol. The SMILES string of the molecule is CCO[Si](CCCSCCC1CC(CCSSCCC[Si](OCC)(OCC)OCC)CCC1CCSSCCC[Si](OCC)(OCC)OCC)(OCC)OCC. The maximum Gasteiger partial charge on any atom is 0.500 e. The van der Waals surface area contributed by atoms with Gasteiger partial charge in [0.25, 0.3) is 0 Å². The van der Waals surface area contributed by atoms with Crippen molar-refractivity contribution in [3.8, 4) is 0 Å². The molecule has 56 heavy (non-hydrogen) atoms. The molecule has 1 rings (SSSR count). The molecular formula is C39H84O9S5Si3. The van der Waals surface area contributed by atoms with Gasteiger partial charge < -0.3 is 39.8 Å². The van der Waals surface area contributed by atoms with Crippen LogP contribution in [0.25, 0.3) is 0 Å². The van der Waals surface area contributed by atoms with Crippen LogP contribution in [0.2, 0.25) is 18.1 Å². The van der Waals surface area contributed by atoms with Crippen molar-refractivity contribution >= 4 is 81.4 Å². The minimum absolute atomic E-state index is 0.646. The van der Waals surface area contributed by atoms with E-state index < -0.39 is 26.4 Å². The van der Waals surface area contributed by atoms with Crippen LogP contribution in [0.1, 0.15) is 120 Å². The van der Waals surface area contributed by atoms with Crippen LogP contribution in [0.5, 0.6) is 0 Å². The predicted octanol–water partition coefficient (Wildman–Crippen LogP) is 12.0. The first kappa shape index (κ1) is 56.1. The molecule has 0 N–H and O–H groups in total. The Bertz CT molecular complexity index is 845. The molecule has 0 aromatic carbocycles. The molecule has 0 saturated heterocycles. The van der Waals surface area contributed by atoms with Gasteiger partial charge in [-0.2, -0.15) is 11.8 Å². The average molecular weight is 942 g/mol. The van der Waals surface area contributed by atoms with Crippen molar-refractivity contribution in [2.75, 3.05) is 94.0 Å².